The summed E-state index contributed by atoms with van der Waals surface area (Å²) < 4.78 is 7.79. The van der Waals surface area contributed by atoms with Crippen molar-refractivity contribution in [2.45, 2.75) is 25.4 Å². The first-order chi connectivity index (χ1) is 12.2. The third-order valence-electron chi connectivity index (χ3n) is 4.00. The van der Waals surface area contributed by atoms with Gasteiger partial charge in [0, 0.05) is 30.4 Å². The van der Waals surface area contributed by atoms with Crippen molar-refractivity contribution in [2.75, 3.05) is 11.9 Å². The summed E-state index contributed by atoms with van der Waals surface area (Å²) in [6.07, 6.45) is 4.16. The Bertz CT molecular complexity index is 1020. The van der Waals surface area contributed by atoms with Gasteiger partial charge in [0.2, 0.25) is 0 Å². The van der Waals surface area contributed by atoms with Crippen molar-refractivity contribution in [3.63, 3.8) is 0 Å². The van der Waals surface area contributed by atoms with E-state index < -0.39 is 0 Å². The number of oxazole rings is 1. The normalized spacial score (nSPS) is 11.4. The van der Waals surface area contributed by atoms with Gasteiger partial charge in [-0.25, -0.2) is 4.98 Å². The lowest BCUT2D eigenvalue weighted by atomic mass is 10.2. The maximum atomic E-state index is 5.72. The van der Waals surface area contributed by atoms with Crippen LogP contribution >= 0.6 is 11.8 Å². The summed E-state index contributed by atoms with van der Waals surface area (Å²) >= 11 is 1.84. The van der Waals surface area contributed by atoms with E-state index in [1.54, 1.807) is 0 Å². The van der Waals surface area contributed by atoms with Crippen molar-refractivity contribution >= 4 is 34.5 Å². The first-order valence-corrected chi connectivity index (χ1v) is 9.52. The Morgan fingerprint density at radius 3 is 3.00 bits per heavy atom. The van der Waals surface area contributed by atoms with E-state index in [1.807, 2.05) is 30.8 Å². The van der Waals surface area contributed by atoms with E-state index in [0.29, 0.717) is 6.01 Å². The predicted molar refractivity (Wildman–Crippen MR) is 103 cm³/mol. The topological polar surface area (TPSA) is 55.4 Å². The third kappa shape index (κ3) is 3.35. The van der Waals surface area contributed by atoms with Gasteiger partial charge in [0.25, 0.3) is 6.01 Å². The van der Waals surface area contributed by atoms with Crippen LogP contribution < -0.4 is 5.32 Å². The molecule has 6 heteroatoms. The van der Waals surface area contributed by atoms with Crippen molar-refractivity contribution in [1.82, 2.24) is 14.4 Å². The van der Waals surface area contributed by atoms with Gasteiger partial charge in [-0.3, -0.25) is 0 Å². The maximum absolute atomic E-state index is 5.72. The Balaban J connectivity index is 1.48. The number of rotatable bonds is 6. The smallest absolute Gasteiger partial charge is 0.295 e. The van der Waals surface area contributed by atoms with Crippen molar-refractivity contribution in [1.29, 1.82) is 0 Å². The molecule has 4 aromatic rings. The summed E-state index contributed by atoms with van der Waals surface area (Å²) in [5.74, 6) is 1.75. The van der Waals surface area contributed by atoms with Crippen LogP contribution in [0.25, 0.3) is 16.7 Å². The van der Waals surface area contributed by atoms with E-state index in [1.165, 1.54) is 11.1 Å². The van der Waals surface area contributed by atoms with E-state index in [9.17, 15) is 0 Å². The molecule has 0 spiro atoms. The minimum atomic E-state index is 0.589. The minimum absolute atomic E-state index is 0.589. The van der Waals surface area contributed by atoms with Gasteiger partial charge in [-0.15, -0.1) is 0 Å². The molecule has 4 rings (SSSR count). The fraction of sp³-hybridized carbons (Fsp3) is 0.263. The van der Waals surface area contributed by atoms with Gasteiger partial charge in [0.15, 0.2) is 5.58 Å². The van der Waals surface area contributed by atoms with Crippen LogP contribution in [0.2, 0.25) is 0 Å². The lowest BCUT2D eigenvalue weighted by molar-refractivity contribution is 0.616. The number of aromatic nitrogens is 3. The SMILES string of the molecule is CCNc1nc2c(CSCc3cn4ccc(C)cc4n3)cccc2o1. The van der Waals surface area contributed by atoms with Crippen LogP contribution in [0.15, 0.2) is 47.1 Å². The molecule has 0 unspecified atom stereocenters. The zero-order valence-corrected chi connectivity index (χ0v) is 15.1. The number of hydrogen-bond donors (Lipinski definition) is 1. The summed E-state index contributed by atoms with van der Waals surface area (Å²) in [6.45, 7) is 4.91. The molecule has 0 amide bonds. The van der Waals surface area contributed by atoms with Crippen LogP contribution in [-0.4, -0.2) is 20.9 Å². The van der Waals surface area contributed by atoms with E-state index in [4.69, 9.17) is 9.40 Å². The summed E-state index contributed by atoms with van der Waals surface area (Å²) in [6, 6.07) is 10.9. The number of anilines is 1. The maximum Gasteiger partial charge on any atom is 0.295 e. The van der Waals surface area contributed by atoms with Gasteiger partial charge in [-0.05, 0) is 43.2 Å². The van der Waals surface area contributed by atoms with E-state index in [2.05, 4.69) is 52.2 Å². The lowest BCUT2D eigenvalue weighted by Gasteiger charge is -2.00. The molecular formula is C19H20N4OS. The first-order valence-electron chi connectivity index (χ1n) is 8.37. The number of benzene rings is 1. The van der Waals surface area contributed by atoms with Crippen molar-refractivity contribution in [3.8, 4) is 0 Å². The zero-order chi connectivity index (χ0) is 17.2. The highest BCUT2D eigenvalue weighted by molar-refractivity contribution is 7.97. The molecule has 3 aromatic heterocycles. The molecule has 25 heavy (non-hydrogen) atoms. The highest BCUT2D eigenvalue weighted by atomic mass is 32.2. The van der Waals surface area contributed by atoms with Crippen LogP contribution in [-0.2, 0) is 11.5 Å². The minimum Gasteiger partial charge on any atom is -0.424 e. The third-order valence-corrected chi connectivity index (χ3v) is 5.02. The summed E-state index contributed by atoms with van der Waals surface area (Å²) in [4.78, 5) is 9.26. The Morgan fingerprint density at radius 2 is 2.12 bits per heavy atom. The van der Waals surface area contributed by atoms with Gasteiger partial charge >= 0.3 is 0 Å². The molecule has 128 valence electrons. The van der Waals surface area contributed by atoms with Crippen molar-refractivity contribution < 1.29 is 4.42 Å². The first kappa shape index (κ1) is 16.0. The summed E-state index contributed by atoms with van der Waals surface area (Å²) in [7, 11) is 0. The Labute approximate surface area is 150 Å². The quantitative estimate of drug-likeness (QED) is 0.547. The second-order valence-corrected chi connectivity index (χ2v) is 6.99. The number of imidazole rings is 1. The molecule has 0 radical (unpaired) electrons. The molecule has 0 atom stereocenters. The van der Waals surface area contributed by atoms with Crippen LogP contribution in [0.1, 0.15) is 23.7 Å². The Kier molecular flexibility index (Phi) is 4.36. The number of nitrogens with zero attached hydrogens (tertiary/aromatic N) is 3. The number of para-hydroxylation sites is 1. The number of hydrogen-bond acceptors (Lipinski definition) is 5. The average molecular weight is 352 g/mol. The number of fused-ring (bicyclic) bond motifs is 2. The number of aryl methyl sites for hydroxylation is 1. The molecule has 0 saturated heterocycles. The predicted octanol–water partition coefficient (Wildman–Crippen LogP) is 4.65. The largest absolute Gasteiger partial charge is 0.424 e. The molecular weight excluding hydrogens is 332 g/mol. The zero-order valence-electron chi connectivity index (χ0n) is 14.3. The monoisotopic (exact) mass is 352 g/mol. The van der Waals surface area contributed by atoms with Gasteiger partial charge in [0.1, 0.15) is 11.2 Å². The van der Waals surface area contributed by atoms with Crippen LogP contribution in [0, 0.1) is 6.92 Å². The summed E-state index contributed by atoms with van der Waals surface area (Å²) in [5.41, 5.74) is 6.29. The lowest BCUT2D eigenvalue weighted by Crippen LogP contribution is -1.95. The number of thioether (sulfide) groups is 1. The average Bonchev–Trinajstić information content (AvgIpc) is 3.18. The van der Waals surface area contributed by atoms with Gasteiger partial charge < -0.3 is 14.1 Å². The molecule has 0 fully saturated rings. The van der Waals surface area contributed by atoms with Crippen LogP contribution in [0.3, 0.4) is 0 Å². The Morgan fingerprint density at radius 1 is 1.20 bits per heavy atom. The second kappa shape index (κ2) is 6.80. The molecule has 0 saturated carbocycles. The molecule has 5 nitrogen and oxygen atoms in total. The van der Waals surface area contributed by atoms with Gasteiger partial charge in [-0.2, -0.15) is 16.7 Å². The second-order valence-electron chi connectivity index (χ2n) is 6.01. The van der Waals surface area contributed by atoms with Crippen molar-refractivity contribution in [2.24, 2.45) is 0 Å². The van der Waals surface area contributed by atoms with Crippen LogP contribution in [0.5, 0.6) is 0 Å². The fourth-order valence-electron chi connectivity index (χ4n) is 2.82. The highest BCUT2D eigenvalue weighted by Crippen LogP contribution is 2.26. The molecule has 0 aliphatic heterocycles. The molecule has 1 N–H and O–H groups in total. The van der Waals surface area contributed by atoms with Gasteiger partial charge in [0.05, 0.1) is 5.69 Å². The molecule has 0 bridgehead atoms. The number of nitrogens with one attached hydrogen (secondary N) is 1. The fourth-order valence-corrected chi connectivity index (χ4v) is 3.72. The molecule has 1 aromatic carbocycles. The van der Waals surface area contributed by atoms with E-state index in [-0.39, 0.29) is 0 Å². The van der Waals surface area contributed by atoms with Crippen LogP contribution in [0.4, 0.5) is 6.01 Å². The van der Waals surface area contributed by atoms with Gasteiger partial charge in [-0.1, -0.05) is 12.1 Å². The van der Waals surface area contributed by atoms with E-state index >= 15 is 0 Å². The standard InChI is InChI=1S/C19H20N4OS/c1-3-20-19-22-18-14(5-4-6-16(18)24-19)11-25-12-15-10-23-8-7-13(2)9-17(23)21-15/h4-10H,3,11-12H2,1-2H3,(H,20,22). The molecule has 0 aliphatic rings. The molecule has 3 heterocycles. The Hall–Kier alpha value is -2.47. The van der Waals surface area contributed by atoms with E-state index in [0.717, 1.165) is 40.5 Å². The highest BCUT2D eigenvalue weighted by Gasteiger charge is 2.10. The molecule has 0 aliphatic carbocycles. The summed E-state index contributed by atoms with van der Waals surface area (Å²) in [5, 5.41) is 3.13. The number of pyridine rings is 1. The van der Waals surface area contributed by atoms with Crippen molar-refractivity contribution in [3.05, 3.63) is 59.5 Å².